The molecule has 0 bridgehead atoms. The minimum Gasteiger partial charge on any atom is -0.481 e. The SMILES string of the molecule is C[C@H](CCCCNC(=O)NCc1ccc(CC(=O)N[C@@H](CC(=O)O)C(=O)N[C@@H](CC(=O)O)C(=O)N[C@H](C)CS)cc1)NC(=O)N[C@@H](CCC(=O)O)C(=O)O. The number of nitrogens with one attached hydrogen (secondary N) is 7. The predicted molar refractivity (Wildman–Crippen MR) is 193 cm³/mol. The van der Waals surface area contributed by atoms with Crippen LogP contribution in [0.4, 0.5) is 9.59 Å². The second-order valence-electron chi connectivity index (χ2n) is 12.4. The molecule has 1 aromatic carbocycles. The smallest absolute Gasteiger partial charge is 0.326 e. The van der Waals surface area contributed by atoms with Gasteiger partial charge in [0, 0.05) is 37.3 Å². The predicted octanol–water partition coefficient (Wildman–Crippen LogP) is -0.442. The van der Waals surface area contributed by atoms with Crippen molar-refractivity contribution in [3.05, 3.63) is 35.4 Å². The van der Waals surface area contributed by atoms with Crippen LogP contribution in [0.15, 0.2) is 24.3 Å². The number of urea groups is 2. The molecule has 0 aromatic heterocycles. The van der Waals surface area contributed by atoms with Crippen molar-refractivity contribution >= 4 is 66.3 Å². The number of carboxylic acid groups (broad SMARTS) is 4. The Morgan fingerprint density at radius 3 is 1.74 bits per heavy atom. The minimum atomic E-state index is -1.60. The van der Waals surface area contributed by atoms with E-state index in [1.54, 1.807) is 38.1 Å². The Kier molecular flexibility index (Phi) is 21.2. The fourth-order valence-electron chi connectivity index (χ4n) is 4.68. The van der Waals surface area contributed by atoms with Gasteiger partial charge in [0.25, 0.3) is 0 Å². The summed E-state index contributed by atoms with van der Waals surface area (Å²) < 4.78 is 0. The Balaban J connectivity index is 2.52. The summed E-state index contributed by atoms with van der Waals surface area (Å²) in [7, 11) is 0. The lowest BCUT2D eigenvalue weighted by atomic mass is 10.1. The molecule has 1 aromatic rings. The van der Waals surface area contributed by atoms with Crippen molar-refractivity contribution in [2.45, 2.75) is 102 Å². The molecule has 7 amide bonds. The maximum atomic E-state index is 12.9. The van der Waals surface area contributed by atoms with Gasteiger partial charge in [0.15, 0.2) is 0 Å². The highest BCUT2D eigenvalue weighted by molar-refractivity contribution is 7.80. The van der Waals surface area contributed by atoms with Crippen molar-refractivity contribution in [3.63, 3.8) is 0 Å². The first kappa shape index (κ1) is 46.4. The first-order valence-corrected chi connectivity index (χ1v) is 17.6. The third-order valence-electron chi connectivity index (χ3n) is 7.52. The van der Waals surface area contributed by atoms with Crippen molar-refractivity contribution in [3.8, 4) is 0 Å². The zero-order chi connectivity index (χ0) is 40.8. The normalized spacial score (nSPS) is 13.4. The zero-order valence-electron chi connectivity index (χ0n) is 29.9. The van der Waals surface area contributed by atoms with Crippen LogP contribution >= 0.6 is 12.6 Å². The molecule has 1 rings (SSSR count). The van der Waals surface area contributed by atoms with Gasteiger partial charge in [-0.3, -0.25) is 28.8 Å². The number of unbranched alkanes of at least 4 members (excludes halogenated alkanes) is 1. The number of hydrogen-bond acceptors (Lipinski definition) is 10. The highest BCUT2D eigenvalue weighted by Gasteiger charge is 2.30. The molecular formula is C33H49N7O13S. The van der Waals surface area contributed by atoms with E-state index < -0.39 is 97.1 Å². The molecule has 54 heavy (non-hydrogen) atoms. The number of carbonyl (C=O) groups excluding carboxylic acids is 5. The summed E-state index contributed by atoms with van der Waals surface area (Å²) in [5.74, 6) is -7.67. The molecule has 20 nitrogen and oxygen atoms in total. The van der Waals surface area contributed by atoms with Gasteiger partial charge >= 0.3 is 35.9 Å². The molecule has 0 spiro atoms. The van der Waals surface area contributed by atoms with Crippen LogP contribution in [0.25, 0.3) is 0 Å². The lowest BCUT2D eigenvalue weighted by molar-refractivity contribution is -0.143. The Hall–Kier alpha value is -5.60. The van der Waals surface area contributed by atoms with Crippen molar-refractivity contribution in [2.75, 3.05) is 12.3 Å². The fourth-order valence-corrected chi connectivity index (χ4v) is 4.77. The second-order valence-corrected chi connectivity index (χ2v) is 12.8. The summed E-state index contributed by atoms with van der Waals surface area (Å²) >= 11 is 4.04. The van der Waals surface area contributed by atoms with E-state index in [1.807, 2.05) is 0 Å². The molecule has 0 unspecified atom stereocenters. The molecule has 0 aliphatic heterocycles. The van der Waals surface area contributed by atoms with Crippen LogP contribution < -0.4 is 37.2 Å². The number of carboxylic acids is 4. The van der Waals surface area contributed by atoms with Crippen molar-refractivity contribution in [1.29, 1.82) is 0 Å². The third-order valence-corrected chi connectivity index (χ3v) is 8.07. The number of hydrogen-bond donors (Lipinski definition) is 12. The molecule has 0 saturated carbocycles. The van der Waals surface area contributed by atoms with Crippen molar-refractivity contribution < 1.29 is 63.6 Å². The molecule has 0 heterocycles. The number of carbonyl (C=O) groups is 9. The molecule has 0 saturated heterocycles. The quantitative estimate of drug-likeness (QED) is 0.0443. The van der Waals surface area contributed by atoms with Gasteiger partial charge in [0.1, 0.15) is 18.1 Å². The molecule has 0 aliphatic carbocycles. The summed E-state index contributed by atoms with van der Waals surface area (Å²) in [6.07, 6.45) is -0.788. The van der Waals surface area contributed by atoms with Crippen LogP contribution in [-0.2, 0) is 46.5 Å². The van der Waals surface area contributed by atoms with E-state index in [0.717, 1.165) is 0 Å². The summed E-state index contributed by atoms with van der Waals surface area (Å²) in [5.41, 5.74) is 1.19. The van der Waals surface area contributed by atoms with Crippen LogP contribution in [0, 0.1) is 0 Å². The van der Waals surface area contributed by atoms with Crippen molar-refractivity contribution in [1.82, 2.24) is 37.2 Å². The van der Waals surface area contributed by atoms with E-state index in [9.17, 15) is 53.4 Å². The second kappa shape index (κ2) is 24.6. The summed E-state index contributed by atoms with van der Waals surface area (Å²) in [6, 6.07) is 0.105. The van der Waals surface area contributed by atoms with Gasteiger partial charge in [0.05, 0.1) is 19.3 Å². The van der Waals surface area contributed by atoms with Gasteiger partial charge in [-0.25, -0.2) is 14.4 Å². The van der Waals surface area contributed by atoms with Gasteiger partial charge in [-0.05, 0) is 50.7 Å². The van der Waals surface area contributed by atoms with E-state index in [-0.39, 0.29) is 31.2 Å². The van der Waals surface area contributed by atoms with Gasteiger partial charge in [-0.1, -0.05) is 24.3 Å². The van der Waals surface area contributed by atoms with E-state index >= 15 is 0 Å². The Bertz CT molecular complexity index is 1480. The molecule has 11 N–H and O–H groups in total. The van der Waals surface area contributed by atoms with Crippen LogP contribution in [0.1, 0.15) is 69.9 Å². The van der Waals surface area contributed by atoms with Gasteiger partial charge in [-0.15, -0.1) is 0 Å². The third kappa shape index (κ3) is 20.4. The number of amides is 7. The summed E-state index contributed by atoms with van der Waals surface area (Å²) in [5, 5.41) is 53.6. The van der Waals surface area contributed by atoms with Crippen LogP contribution in [-0.4, -0.2) is 117 Å². The number of rotatable bonds is 25. The van der Waals surface area contributed by atoms with E-state index in [1.165, 1.54) is 0 Å². The number of thiol groups is 1. The van der Waals surface area contributed by atoms with Crippen LogP contribution in [0.3, 0.4) is 0 Å². The monoisotopic (exact) mass is 783 g/mol. The summed E-state index contributed by atoms with van der Waals surface area (Å²) in [6.45, 7) is 3.81. The summed E-state index contributed by atoms with van der Waals surface area (Å²) in [4.78, 5) is 107. The molecule has 0 aliphatic rings. The maximum absolute atomic E-state index is 12.9. The molecular weight excluding hydrogens is 734 g/mol. The molecule has 0 radical (unpaired) electrons. The highest BCUT2D eigenvalue weighted by atomic mass is 32.1. The Labute approximate surface area is 316 Å². The largest absolute Gasteiger partial charge is 0.481 e. The molecule has 0 fully saturated rings. The highest BCUT2D eigenvalue weighted by Crippen LogP contribution is 2.07. The van der Waals surface area contributed by atoms with E-state index in [0.29, 0.717) is 36.9 Å². The zero-order valence-corrected chi connectivity index (χ0v) is 30.8. The molecule has 5 atom stereocenters. The Morgan fingerprint density at radius 1 is 0.611 bits per heavy atom. The average Bonchev–Trinajstić information content (AvgIpc) is 3.08. The van der Waals surface area contributed by atoms with Crippen molar-refractivity contribution in [2.24, 2.45) is 0 Å². The van der Waals surface area contributed by atoms with Gasteiger partial charge in [0.2, 0.25) is 17.7 Å². The van der Waals surface area contributed by atoms with Crippen LogP contribution in [0.2, 0.25) is 0 Å². The molecule has 21 heteroatoms. The number of benzene rings is 1. The standard InChI is InChI=1S/C33H49N7O13S/c1-18(37-33(53)40-22(31(50)51)10-11-26(42)43)5-3-4-12-34-32(52)35-16-21-8-6-20(7-9-21)13-25(41)38-23(14-27(44)45)30(49)39-24(15-28(46)47)29(48)36-19(2)17-54/h6-9,18-19,22-24,54H,3-5,10-17H2,1-2H3,(H,36,48)(H,38,41)(H,39,49)(H,42,43)(H,44,45)(H,46,47)(H,50,51)(H2,34,35,52)(H2,37,40,53)/t18-,19-,22+,23+,24+/m1/s1. The Morgan fingerprint density at radius 2 is 1.19 bits per heavy atom. The van der Waals surface area contributed by atoms with E-state index in [2.05, 4.69) is 49.8 Å². The van der Waals surface area contributed by atoms with Gasteiger partial charge < -0.3 is 57.6 Å². The van der Waals surface area contributed by atoms with E-state index in [4.69, 9.17) is 10.2 Å². The average molecular weight is 784 g/mol. The van der Waals surface area contributed by atoms with Crippen LogP contribution in [0.5, 0.6) is 0 Å². The van der Waals surface area contributed by atoms with Gasteiger partial charge in [-0.2, -0.15) is 12.6 Å². The number of aliphatic carboxylic acids is 4. The first-order chi connectivity index (χ1) is 25.4. The lowest BCUT2D eigenvalue weighted by Crippen LogP contribution is -2.56. The fraction of sp³-hybridized carbons (Fsp3) is 0.545. The maximum Gasteiger partial charge on any atom is 0.326 e. The molecule has 300 valence electrons. The topological polar surface area (TPSA) is 319 Å². The lowest BCUT2D eigenvalue weighted by Gasteiger charge is -2.22. The first-order valence-electron chi connectivity index (χ1n) is 17.0. The minimum absolute atomic E-state index is 0.150.